The summed E-state index contributed by atoms with van der Waals surface area (Å²) in [6, 6.07) is 18.8. The maximum absolute atomic E-state index is 13.0. The van der Waals surface area contributed by atoms with Gasteiger partial charge in [-0.15, -0.1) is 0 Å². The summed E-state index contributed by atoms with van der Waals surface area (Å²) in [5.74, 6) is 1.42. The Morgan fingerprint density at radius 2 is 1.72 bits per heavy atom. The van der Waals surface area contributed by atoms with Gasteiger partial charge >= 0.3 is 0 Å². The van der Waals surface area contributed by atoms with Crippen LogP contribution in [0.25, 0.3) is 16.9 Å². The Morgan fingerprint density at radius 3 is 2.45 bits per heavy atom. The van der Waals surface area contributed by atoms with Crippen molar-refractivity contribution in [3.8, 4) is 22.8 Å². The van der Waals surface area contributed by atoms with E-state index in [0.717, 1.165) is 16.8 Å². The molecular weight excluding hydrogens is 366 g/mol. The molecule has 1 N–H and O–H groups in total. The van der Waals surface area contributed by atoms with Crippen molar-refractivity contribution in [2.45, 2.75) is 6.92 Å². The van der Waals surface area contributed by atoms with Crippen LogP contribution in [0.4, 0.5) is 5.82 Å². The Kier molecular flexibility index (Phi) is 4.91. The smallest absolute Gasteiger partial charge is 0.256 e. The third kappa shape index (κ3) is 3.52. The van der Waals surface area contributed by atoms with Gasteiger partial charge in [-0.2, -0.15) is 0 Å². The first kappa shape index (κ1) is 18.6. The first-order valence-corrected chi connectivity index (χ1v) is 9.18. The van der Waals surface area contributed by atoms with Crippen molar-refractivity contribution in [1.29, 1.82) is 0 Å². The summed E-state index contributed by atoms with van der Waals surface area (Å²) in [5.41, 5.74) is 3.97. The van der Waals surface area contributed by atoms with E-state index in [1.54, 1.807) is 32.4 Å². The van der Waals surface area contributed by atoms with Crippen molar-refractivity contribution in [3.63, 3.8) is 0 Å². The number of rotatable bonds is 5. The van der Waals surface area contributed by atoms with E-state index in [1.807, 2.05) is 60.0 Å². The normalized spacial score (nSPS) is 10.7. The molecule has 6 nitrogen and oxygen atoms in total. The summed E-state index contributed by atoms with van der Waals surface area (Å²) in [6.07, 6.45) is 1.91. The van der Waals surface area contributed by atoms with Crippen molar-refractivity contribution in [2.24, 2.45) is 0 Å². The molecule has 0 spiro atoms. The lowest BCUT2D eigenvalue weighted by Gasteiger charge is -2.11. The number of nitrogens with zero attached hydrogens (tertiary/aromatic N) is 2. The van der Waals surface area contributed by atoms with Gasteiger partial charge in [-0.05, 0) is 42.8 Å². The van der Waals surface area contributed by atoms with Crippen LogP contribution in [0.3, 0.4) is 0 Å². The zero-order valence-electron chi connectivity index (χ0n) is 16.5. The average molecular weight is 387 g/mol. The summed E-state index contributed by atoms with van der Waals surface area (Å²) in [5, 5.41) is 3.02. The van der Waals surface area contributed by atoms with E-state index in [1.165, 1.54) is 0 Å². The molecule has 146 valence electrons. The minimum Gasteiger partial charge on any atom is -0.493 e. The number of imidazole rings is 1. The highest BCUT2D eigenvalue weighted by Crippen LogP contribution is 2.31. The number of aryl methyl sites for hydroxylation is 1. The molecule has 0 aliphatic rings. The van der Waals surface area contributed by atoms with Gasteiger partial charge < -0.3 is 14.8 Å². The van der Waals surface area contributed by atoms with E-state index in [2.05, 4.69) is 5.32 Å². The van der Waals surface area contributed by atoms with Crippen molar-refractivity contribution in [2.75, 3.05) is 19.5 Å². The van der Waals surface area contributed by atoms with Gasteiger partial charge in [-0.25, -0.2) is 4.98 Å². The molecule has 6 heteroatoms. The number of benzene rings is 2. The number of aromatic nitrogens is 2. The van der Waals surface area contributed by atoms with Crippen molar-refractivity contribution >= 4 is 17.4 Å². The molecule has 1 amide bonds. The number of amides is 1. The fourth-order valence-electron chi connectivity index (χ4n) is 3.22. The monoisotopic (exact) mass is 387 g/mol. The number of carbonyl (C=O) groups excluding carboxylic acids is 1. The number of hydrogen-bond acceptors (Lipinski definition) is 4. The first-order chi connectivity index (χ1) is 14.1. The number of hydrogen-bond donors (Lipinski definition) is 1. The van der Waals surface area contributed by atoms with Crippen LogP contribution in [0, 0.1) is 6.92 Å². The number of methoxy groups -OCH3 is 2. The van der Waals surface area contributed by atoms with E-state index in [4.69, 9.17) is 14.5 Å². The molecule has 4 aromatic rings. The molecule has 0 saturated carbocycles. The number of pyridine rings is 1. The molecule has 0 atom stereocenters. The molecule has 2 heterocycles. The highest BCUT2D eigenvalue weighted by atomic mass is 16.5. The zero-order valence-corrected chi connectivity index (χ0v) is 16.5. The standard InChI is InChI=1S/C23H21N3O3/c1-15-11-12-26-20(13-15)24-21(16-7-5-4-6-8-16)22(26)25-23(27)17-9-10-18(28-2)19(14-17)29-3/h4-14H,1-3H3,(H,25,27). The highest BCUT2D eigenvalue weighted by molar-refractivity contribution is 6.06. The molecule has 0 aliphatic carbocycles. The Bertz CT molecular complexity index is 1180. The van der Waals surface area contributed by atoms with Crippen LogP contribution < -0.4 is 14.8 Å². The minimum absolute atomic E-state index is 0.259. The summed E-state index contributed by atoms with van der Waals surface area (Å²) < 4.78 is 12.5. The fraction of sp³-hybridized carbons (Fsp3) is 0.130. The van der Waals surface area contributed by atoms with Gasteiger partial charge in [-0.3, -0.25) is 9.20 Å². The van der Waals surface area contributed by atoms with Crippen LogP contribution in [0.15, 0.2) is 66.9 Å². The molecule has 0 bridgehead atoms. The van der Waals surface area contributed by atoms with Crippen LogP contribution in [0.2, 0.25) is 0 Å². The lowest BCUT2D eigenvalue weighted by Crippen LogP contribution is -2.14. The summed E-state index contributed by atoms with van der Waals surface area (Å²) in [7, 11) is 3.10. The van der Waals surface area contributed by atoms with Gasteiger partial charge in [-0.1, -0.05) is 30.3 Å². The maximum atomic E-state index is 13.0. The second-order valence-electron chi connectivity index (χ2n) is 6.63. The average Bonchev–Trinajstić information content (AvgIpc) is 3.11. The quantitative estimate of drug-likeness (QED) is 0.544. The van der Waals surface area contributed by atoms with E-state index in [0.29, 0.717) is 28.6 Å². The molecule has 29 heavy (non-hydrogen) atoms. The van der Waals surface area contributed by atoms with Crippen molar-refractivity contribution < 1.29 is 14.3 Å². The maximum Gasteiger partial charge on any atom is 0.256 e. The molecule has 0 saturated heterocycles. The second kappa shape index (κ2) is 7.67. The number of anilines is 1. The molecular formula is C23H21N3O3. The number of nitrogens with one attached hydrogen (secondary N) is 1. The summed E-state index contributed by atoms with van der Waals surface area (Å²) >= 11 is 0. The number of carbonyl (C=O) groups is 1. The third-order valence-corrected chi connectivity index (χ3v) is 4.71. The molecule has 0 aliphatic heterocycles. The Hall–Kier alpha value is -3.80. The Labute approximate surface area is 168 Å². The SMILES string of the molecule is COc1ccc(C(=O)Nc2c(-c3ccccc3)nc3cc(C)ccn23)cc1OC. The first-order valence-electron chi connectivity index (χ1n) is 9.18. The molecule has 4 rings (SSSR count). The van der Waals surface area contributed by atoms with Crippen LogP contribution in [0.1, 0.15) is 15.9 Å². The Balaban J connectivity index is 1.78. The molecule has 2 aromatic heterocycles. The lowest BCUT2D eigenvalue weighted by molar-refractivity contribution is 0.102. The van der Waals surface area contributed by atoms with Gasteiger partial charge in [0.2, 0.25) is 0 Å². The predicted molar refractivity (Wildman–Crippen MR) is 113 cm³/mol. The van der Waals surface area contributed by atoms with Crippen LogP contribution >= 0.6 is 0 Å². The summed E-state index contributed by atoms with van der Waals surface area (Å²) in [4.78, 5) is 17.8. The zero-order chi connectivity index (χ0) is 20.4. The van der Waals surface area contributed by atoms with Gasteiger partial charge in [0, 0.05) is 17.3 Å². The van der Waals surface area contributed by atoms with Crippen LogP contribution in [-0.2, 0) is 0 Å². The topological polar surface area (TPSA) is 64.9 Å². The van der Waals surface area contributed by atoms with Gasteiger partial charge in [0.15, 0.2) is 11.5 Å². The van der Waals surface area contributed by atoms with E-state index in [-0.39, 0.29) is 5.91 Å². The van der Waals surface area contributed by atoms with Gasteiger partial charge in [0.1, 0.15) is 17.2 Å². The molecule has 2 aromatic carbocycles. The summed E-state index contributed by atoms with van der Waals surface area (Å²) in [6.45, 7) is 2.01. The van der Waals surface area contributed by atoms with E-state index < -0.39 is 0 Å². The van der Waals surface area contributed by atoms with Crippen molar-refractivity contribution in [3.05, 3.63) is 78.0 Å². The predicted octanol–water partition coefficient (Wildman–Crippen LogP) is 4.58. The van der Waals surface area contributed by atoms with Crippen LogP contribution in [-0.4, -0.2) is 29.5 Å². The van der Waals surface area contributed by atoms with Gasteiger partial charge in [0.05, 0.1) is 14.2 Å². The van der Waals surface area contributed by atoms with Gasteiger partial charge in [0.25, 0.3) is 5.91 Å². The molecule has 0 unspecified atom stereocenters. The largest absolute Gasteiger partial charge is 0.493 e. The molecule has 0 radical (unpaired) electrons. The lowest BCUT2D eigenvalue weighted by atomic mass is 10.1. The fourth-order valence-corrected chi connectivity index (χ4v) is 3.22. The number of ether oxygens (including phenoxy) is 2. The highest BCUT2D eigenvalue weighted by Gasteiger charge is 2.18. The third-order valence-electron chi connectivity index (χ3n) is 4.71. The molecule has 0 fully saturated rings. The number of fused-ring (bicyclic) bond motifs is 1. The Morgan fingerprint density at radius 1 is 0.966 bits per heavy atom. The second-order valence-corrected chi connectivity index (χ2v) is 6.63. The van der Waals surface area contributed by atoms with E-state index >= 15 is 0 Å². The van der Waals surface area contributed by atoms with E-state index in [9.17, 15) is 4.79 Å². The minimum atomic E-state index is -0.259. The van der Waals surface area contributed by atoms with Crippen molar-refractivity contribution in [1.82, 2.24) is 9.38 Å². The van der Waals surface area contributed by atoms with Crippen LogP contribution in [0.5, 0.6) is 11.5 Å².